The minimum atomic E-state index is -0.426. The second kappa shape index (κ2) is 4.38. The number of nitrogens with one attached hydrogen (secondary N) is 1. The standard InChI is InChI=1S/C14H19NO/c1-11-6-5-7-12(10-11)14(15-2)9-4-3-8-13(14)16/h5-7,10,15H,3-4,8-9H2,1-2H3/t14-/m1/s1. The van der Waals surface area contributed by atoms with Gasteiger partial charge in [0.05, 0.1) is 0 Å². The Labute approximate surface area is 97.1 Å². The van der Waals surface area contributed by atoms with E-state index in [9.17, 15) is 4.79 Å². The van der Waals surface area contributed by atoms with Crippen molar-refractivity contribution in [3.05, 3.63) is 35.4 Å². The van der Waals surface area contributed by atoms with Gasteiger partial charge in [0.2, 0.25) is 0 Å². The number of aryl methyl sites for hydroxylation is 1. The van der Waals surface area contributed by atoms with E-state index in [1.165, 1.54) is 5.56 Å². The Kier molecular flexibility index (Phi) is 3.10. The molecule has 1 aromatic carbocycles. The average Bonchev–Trinajstić information content (AvgIpc) is 2.30. The second-order valence-corrected chi connectivity index (χ2v) is 4.66. The molecule has 1 fully saturated rings. The van der Waals surface area contributed by atoms with Gasteiger partial charge in [-0.05, 0) is 32.4 Å². The molecule has 0 spiro atoms. The molecule has 1 aromatic rings. The van der Waals surface area contributed by atoms with Crippen molar-refractivity contribution in [2.75, 3.05) is 7.05 Å². The first-order valence-electron chi connectivity index (χ1n) is 5.98. The van der Waals surface area contributed by atoms with Crippen LogP contribution in [0, 0.1) is 6.92 Å². The van der Waals surface area contributed by atoms with Crippen LogP contribution in [0.1, 0.15) is 36.8 Å². The predicted octanol–water partition coefficient (Wildman–Crippen LogP) is 2.55. The van der Waals surface area contributed by atoms with Gasteiger partial charge in [-0.25, -0.2) is 0 Å². The molecule has 86 valence electrons. The number of Topliss-reactive ketones (excluding diaryl/α,β-unsaturated/α-hetero) is 1. The number of ketones is 1. The molecule has 2 nitrogen and oxygen atoms in total. The molecular formula is C14H19NO. The molecule has 0 bridgehead atoms. The van der Waals surface area contributed by atoms with Crippen molar-refractivity contribution in [3.8, 4) is 0 Å². The van der Waals surface area contributed by atoms with E-state index in [1.54, 1.807) is 0 Å². The zero-order valence-corrected chi connectivity index (χ0v) is 10.0. The largest absolute Gasteiger partial charge is 0.304 e. The molecule has 1 saturated carbocycles. The minimum absolute atomic E-state index is 0.340. The molecule has 0 heterocycles. The van der Waals surface area contributed by atoms with Crippen molar-refractivity contribution in [3.63, 3.8) is 0 Å². The highest BCUT2D eigenvalue weighted by Gasteiger charge is 2.39. The normalized spacial score (nSPS) is 25.8. The van der Waals surface area contributed by atoms with E-state index < -0.39 is 5.54 Å². The molecule has 0 aromatic heterocycles. The smallest absolute Gasteiger partial charge is 0.157 e. The maximum Gasteiger partial charge on any atom is 0.157 e. The maximum atomic E-state index is 12.2. The molecule has 1 aliphatic carbocycles. The van der Waals surface area contributed by atoms with E-state index in [-0.39, 0.29) is 0 Å². The van der Waals surface area contributed by atoms with Gasteiger partial charge in [-0.2, -0.15) is 0 Å². The number of rotatable bonds is 2. The van der Waals surface area contributed by atoms with E-state index in [0.717, 1.165) is 24.8 Å². The van der Waals surface area contributed by atoms with Gasteiger partial charge in [0.1, 0.15) is 5.54 Å². The van der Waals surface area contributed by atoms with Gasteiger partial charge in [0, 0.05) is 6.42 Å². The molecule has 0 aliphatic heterocycles. The van der Waals surface area contributed by atoms with Crippen LogP contribution in [0.5, 0.6) is 0 Å². The summed E-state index contributed by atoms with van der Waals surface area (Å²) in [5.41, 5.74) is 1.91. The highest BCUT2D eigenvalue weighted by Crippen LogP contribution is 2.34. The molecule has 1 aliphatic rings. The first kappa shape index (κ1) is 11.3. The average molecular weight is 217 g/mol. The first-order valence-corrected chi connectivity index (χ1v) is 5.98. The number of carbonyl (C=O) groups excluding carboxylic acids is 1. The molecule has 0 saturated heterocycles. The van der Waals surface area contributed by atoms with Crippen LogP contribution in [-0.4, -0.2) is 12.8 Å². The summed E-state index contributed by atoms with van der Waals surface area (Å²) in [5, 5.41) is 3.26. The van der Waals surface area contributed by atoms with Crippen molar-refractivity contribution in [2.24, 2.45) is 0 Å². The Bertz CT molecular complexity index is 399. The van der Waals surface area contributed by atoms with Crippen LogP contribution in [0.25, 0.3) is 0 Å². The summed E-state index contributed by atoms with van der Waals surface area (Å²) in [6.45, 7) is 2.07. The lowest BCUT2D eigenvalue weighted by Crippen LogP contribution is -2.49. The zero-order chi connectivity index (χ0) is 11.6. The molecule has 0 unspecified atom stereocenters. The van der Waals surface area contributed by atoms with Crippen molar-refractivity contribution in [1.82, 2.24) is 5.32 Å². The molecule has 16 heavy (non-hydrogen) atoms. The van der Waals surface area contributed by atoms with Crippen molar-refractivity contribution >= 4 is 5.78 Å². The second-order valence-electron chi connectivity index (χ2n) is 4.66. The molecule has 2 rings (SSSR count). The Morgan fingerprint density at radius 2 is 2.12 bits per heavy atom. The molecule has 0 amide bonds. The lowest BCUT2D eigenvalue weighted by atomic mass is 9.75. The Morgan fingerprint density at radius 1 is 1.31 bits per heavy atom. The summed E-state index contributed by atoms with van der Waals surface area (Å²) in [6, 6.07) is 8.29. The monoisotopic (exact) mass is 217 g/mol. The summed E-state index contributed by atoms with van der Waals surface area (Å²) < 4.78 is 0. The van der Waals surface area contributed by atoms with Crippen LogP contribution < -0.4 is 5.32 Å². The predicted molar refractivity (Wildman–Crippen MR) is 65.4 cm³/mol. The van der Waals surface area contributed by atoms with Crippen LogP contribution in [0.15, 0.2) is 24.3 Å². The third kappa shape index (κ3) is 1.78. The van der Waals surface area contributed by atoms with Crippen LogP contribution in [0.3, 0.4) is 0 Å². The van der Waals surface area contributed by atoms with Gasteiger partial charge in [0.25, 0.3) is 0 Å². The number of carbonyl (C=O) groups is 1. The van der Waals surface area contributed by atoms with Crippen molar-refractivity contribution < 1.29 is 4.79 Å². The van der Waals surface area contributed by atoms with Gasteiger partial charge in [-0.15, -0.1) is 0 Å². The van der Waals surface area contributed by atoms with E-state index in [4.69, 9.17) is 0 Å². The highest BCUT2D eigenvalue weighted by atomic mass is 16.1. The maximum absolute atomic E-state index is 12.2. The fourth-order valence-electron chi connectivity index (χ4n) is 2.65. The van der Waals surface area contributed by atoms with Gasteiger partial charge in [0.15, 0.2) is 5.78 Å². The minimum Gasteiger partial charge on any atom is -0.304 e. The van der Waals surface area contributed by atoms with Crippen molar-refractivity contribution in [1.29, 1.82) is 0 Å². The topological polar surface area (TPSA) is 29.1 Å². The fraction of sp³-hybridized carbons (Fsp3) is 0.500. The molecule has 2 heteroatoms. The van der Waals surface area contributed by atoms with Gasteiger partial charge in [-0.1, -0.05) is 36.2 Å². The van der Waals surface area contributed by atoms with Crippen molar-refractivity contribution in [2.45, 2.75) is 38.1 Å². The van der Waals surface area contributed by atoms with Crippen LogP contribution in [0.2, 0.25) is 0 Å². The Balaban J connectivity index is 2.44. The summed E-state index contributed by atoms with van der Waals surface area (Å²) in [5.74, 6) is 0.340. The number of hydrogen-bond acceptors (Lipinski definition) is 2. The number of hydrogen-bond donors (Lipinski definition) is 1. The number of likely N-dealkylation sites (N-methyl/N-ethyl adjacent to an activating group) is 1. The number of benzene rings is 1. The molecule has 1 N–H and O–H groups in total. The SMILES string of the molecule is CN[C@@]1(c2cccc(C)c2)CCCCC1=O. The van der Waals surface area contributed by atoms with Crippen LogP contribution in [0.4, 0.5) is 0 Å². The van der Waals surface area contributed by atoms with E-state index >= 15 is 0 Å². The van der Waals surface area contributed by atoms with Gasteiger partial charge in [-0.3, -0.25) is 4.79 Å². The van der Waals surface area contributed by atoms with Crippen LogP contribution >= 0.6 is 0 Å². The Hall–Kier alpha value is -1.15. The fourth-order valence-corrected chi connectivity index (χ4v) is 2.65. The first-order chi connectivity index (χ1) is 7.69. The quantitative estimate of drug-likeness (QED) is 0.825. The summed E-state index contributed by atoms with van der Waals surface area (Å²) in [6.07, 6.45) is 3.79. The highest BCUT2D eigenvalue weighted by molar-refractivity contribution is 5.90. The van der Waals surface area contributed by atoms with E-state index in [2.05, 4.69) is 30.4 Å². The molecule has 0 radical (unpaired) electrons. The molecular weight excluding hydrogens is 198 g/mol. The van der Waals surface area contributed by atoms with E-state index in [0.29, 0.717) is 12.2 Å². The van der Waals surface area contributed by atoms with Gasteiger partial charge >= 0.3 is 0 Å². The lowest BCUT2D eigenvalue weighted by Gasteiger charge is -2.36. The summed E-state index contributed by atoms with van der Waals surface area (Å²) in [7, 11) is 1.89. The van der Waals surface area contributed by atoms with E-state index in [1.807, 2.05) is 13.1 Å². The zero-order valence-electron chi connectivity index (χ0n) is 10.0. The summed E-state index contributed by atoms with van der Waals surface area (Å²) in [4.78, 5) is 12.2. The Morgan fingerprint density at radius 3 is 2.75 bits per heavy atom. The van der Waals surface area contributed by atoms with Gasteiger partial charge < -0.3 is 5.32 Å². The third-order valence-corrected chi connectivity index (χ3v) is 3.62. The lowest BCUT2D eigenvalue weighted by molar-refractivity contribution is -0.127. The molecule has 1 atom stereocenters. The van der Waals surface area contributed by atoms with Crippen LogP contribution in [-0.2, 0) is 10.3 Å². The third-order valence-electron chi connectivity index (χ3n) is 3.62. The summed E-state index contributed by atoms with van der Waals surface area (Å²) >= 11 is 0.